The molecule has 1 aromatic rings. The van der Waals surface area contributed by atoms with Crippen molar-refractivity contribution in [2.75, 3.05) is 18.0 Å². The highest BCUT2D eigenvalue weighted by atomic mass is 32.2. The number of ketones is 1. The summed E-state index contributed by atoms with van der Waals surface area (Å²) in [6, 6.07) is 5.89. The van der Waals surface area contributed by atoms with Gasteiger partial charge in [-0.15, -0.1) is 0 Å². The molecule has 6 heteroatoms. The molecule has 0 radical (unpaired) electrons. The molecular weight excluding hydrogens is 348 g/mol. The lowest BCUT2D eigenvalue weighted by Crippen LogP contribution is -2.38. The first kappa shape index (κ1) is 20.8. The molecule has 0 aliphatic carbocycles. The Morgan fingerprint density at radius 3 is 2.38 bits per heavy atom. The number of anilines is 1. The van der Waals surface area contributed by atoms with Crippen LogP contribution in [0.5, 0.6) is 0 Å². The molecule has 0 saturated carbocycles. The highest BCUT2D eigenvalue weighted by molar-refractivity contribution is 7.98. The Balaban J connectivity index is 2.02. The van der Waals surface area contributed by atoms with Gasteiger partial charge in [0.15, 0.2) is 0 Å². The fraction of sp³-hybridized carbons (Fsp3) is 0.600. The van der Waals surface area contributed by atoms with Gasteiger partial charge in [0.05, 0.1) is 6.61 Å². The maximum Gasteiger partial charge on any atom is 0.232 e. The van der Waals surface area contributed by atoms with Gasteiger partial charge in [0.25, 0.3) is 0 Å². The summed E-state index contributed by atoms with van der Waals surface area (Å²) in [5, 5.41) is 9.77. The van der Waals surface area contributed by atoms with Crippen LogP contribution in [0, 0.1) is 17.8 Å². The maximum absolute atomic E-state index is 12.2. The second kappa shape index (κ2) is 9.42. The molecule has 1 aromatic carbocycles. The standard InChI is InChI=1S/C20H30N2O3S/c1-13(2)19(24)15-7-9-22(10-8-15)18-6-5-17(11-16(18)12-23)26-21-20(25)14(3)4/h5-6,11,13-15,23H,7-10,12H2,1-4H3,(H,21,25). The number of nitrogens with one attached hydrogen (secondary N) is 1. The molecule has 1 amide bonds. The van der Waals surface area contributed by atoms with Gasteiger partial charge in [0.1, 0.15) is 5.78 Å². The minimum atomic E-state index is -0.0612. The SMILES string of the molecule is CC(C)C(=O)NSc1ccc(N2CCC(C(=O)C(C)C)CC2)c(CO)c1. The summed E-state index contributed by atoms with van der Waals surface area (Å²) in [7, 11) is 0. The quantitative estimate of drug-likeness (QED) is 0.712. The number of piperidine rings is 1. The van der Waals surface area contributed by atoms with E-state index in [4.69, 9.17) is 0 Å². The van der Waals surface area contributed by atoms with Crippen molar-refractivity contribution in [2.24, 2.45) is 17.8 Å². The molecule has 2 N–H and O–H groups in total. The van der Waals surface area contributed by atoms with E-state index >= 15 is 0 Å². The molecule has 144 valence electrons. The van der Waals surface area contributed by atoms with Crippen molar-refractivity contribution in [1.29, 1.82) is 0 Å². The predicted octanol–water partition coefficient (Wildman–Crippen LogP) is 3.40. The zero-order valence-electron chi connectivity index (χ0n) is 16.1. The molecule has 26 heavy (non-hydrogen) atoms. The largest absolute Gasteiger partial charge is 0.392 e. The Bertz CT molecular complexity index is 638. The number of Topliss-reactive ketones (excluding diaryl/α,β-unsaturated/α-hetero) is 1. The van der Waals surface area contributed by atoms with E-state index in [1.54, 1.807) is 0 Å². The Morgan fingerprint density at radius 1 is 1.19 bits per heavy atom. The van der Waals surface area contributed by atoms with Gasteiger partial charge in [0, 0.05) is 47.0 Å². The zero-order valence-corrected chi connectivity index (χ0v) is 16.9. The minimum absolute atomic E-state index is 0.0125. The summed E-state index contributed by atoms with van der Waals surface area (Å²) in [5.41, 5.74) is 1.87. The number of hydrogen-bond donors (Lipinski definition) is 2. The molecule has 1 heterocycles. The molecule has 1 saturated heterocycles. The monoisotopic (exact) mass is 378 g/mol. The smallest absolute Gasteiger partial charge is 0.232 e. The van der Waals surface area contributed by atoms with E-state index in [1.807, 2.05) is 45.9 Å². The molecule has 0 aromatic heterocycles. The molecule has 1 aliphatic rings. The van der Waals surface area contributed by atoms with Crippen LogP contribution >= 0.6 is 11.9 Å². The Morgan fingerprint density at radius 2 is 1.85 bits per heavy atom. The number of nitrogens with zero attached hydrogens (tertiary/aromatic N) is 1. The summed E-state index contributed by atoms with van der Waals surface area (Å²) in [4.78, 5) is 27.0. The van der Waals surface area contributed by atoms with Crippen LogP contribution in [-0.4, -0.2) is 29.9 Å². The molecular formula is C20H30N2O3S. The van der Waals surface area contributed by atoms with E-state index in [-0.39, 0.29) is 30.3 Å². The van der Waals surface area contributed by atoms with E-state index in [2.05, 4.69) is 9.62 Å². The highest BCUT2D eigenvalue weighted by Crippen LogP contribution is 2.30. The van der Waals surface area contributed by atoms with Crippen LogP contribution in [0.1, 0.15) is 46.1 Å². The van der Waals surface area contributed by atoms with Crippen LogP contribution in [-0.2, 0) is 16.2 Å². The number of rotatable bonds is 7. The van der Waals surface area contributed by atoms with Crippen molar-refractivity contribution < 1.29 is 14.7 Å². The van der Waals surface area contributed by atoms with E-state index in [9.17, 15) is 14.7 Å². The van der Waals surface area contributed by atoms with Gasteiger partial charge in [-0.3, -0.25) is 14.3 Å². The number of carbonyl (C=O) groups is 2. The first-order valence-corrected chi connectivity index (χ1v) is 10.1. The summed E-state index contributed by atoms with van der Waals surface area (Å²) in [6.07, 6.45) is 1.73. The molecule has 0 atom stereocenters. The van der Waals surface area contributed by atoms with Gasteiger partial charge in [0.2, 0.25) is 5.91 Å². The van der Waals surface area contributed by atoms with Crippen molar-refractivity contribution >= 4 is 29.3 Å². The molecule has 0 spiro atoms. The van der Waals surface area contributed by atoms with Gasteiger partial charge < -0.3 is 10.0 Å². The lowest BCUT2D eigenvalue weighted by molar-refractivity contribution is -0.126. The Hall–Kier alpha value is -1.53. The van der Waals surface area contributed by atoms with Gasteiger partial charge in [-0.2, -0.15) is 0 Å². The fourth-order valence-corrected chi connectivity index (χ4v) is 3.96. The average molecular weight is 379 g/mol. The van der Waals surface area contributed by atoms with E-state index < -0.39 is 0 Å². The first-order valence-electron chi connectivity index (χ1n) is 9.32. The van der Waals surface area contributed by atoms with Crippen LogP contribution in [0.15, 0.2) is 23.1 Å². The molecule has 1 fully saturated rings. The van der Waals surface area contributed by atoms with E-state index in [1.165, 1.54) is 11.9 Å². The Kier molecular flexibility index (Phi) is 7.53. The zero-order chi connectivity index (χ0) is 19.3. The normalized spacial score (nSPS) is 15.6. The minimum Gasteiger partial charge on any atom is -0.392 e. The van der Waals surface area contributed by atoms with Gasteiger partial charge in [-0.05, 0) is 43.0 Å². The van der Waals surface area contributed by atoms with Crippen molar-refractivity contribution in [2.45, 2.75) is 52.0 Å². The molecule has 2 rings (SSSR count). The summed E-state index contributed by atoms with van der Waals surface area (Å²) < 4.78 is 2.82. The topological polar surface area (TPSA) is 69.6 Å². The third-order valence-electron chi connectivity index (χ3n) is 4.82. The molecule has 0 bridgehead atoms. The second-order valence-electron chi connectivity index (χ2n) is 7.49. The maximum atomic E-state index is 12.2. The summed E-state index contributed by atoms with van der Waals surface area (Å²) in [6.45, 7) is 9.24. The lowest BCUT2D eigenvalue weighted by atomic mass is 9.87. The van der Waals surface area contributed by atoms with Crippen molar-refractivity contribution in [3.63, 3.8) is 0 Å². The number of aliphatic hydroxyl groups excluding tert-OH is 1. The van der Waals surface area contributed by atoms with Crippen molar-refractivity contribution in [3.05, 3.63) is 23.8 Å². The lowest BCUT2D eigenvalue weighted by Gasteiger charge is -2.34. The molecule has 5 nitrogen and oxygen atoms in total. The van der Waals surface area contributed by atoms with Gasteiger partial charge >= 0.3 is 0 Å². The third kappa shape index (κ3) is 5.24. The van der Waals surface area contributed by atoms with Crippen LogP contribution in [0.2, 0.25) is 0 Å². The fourth-order valence-electron chi connectivity index (χ4n) is 3.16. The van der Waals surface area contributed by atoms with Crippen LogP contribution in [0.4, 0.5) is 5.69 Å². The van der Waals surface area contributed by atoms with Crippen molar-refractivity contribution in [3.8, 4) is 0 Å². The number of aliphatic hydroxyl groups is 1. The Labute approximate surface area is 160 Å². The molecule has 0 unspecified atom stereocenters. The predicted molar refractivity (Wildman–Crippen MR) is 106 cm³/mol. The number of amides is 1. The van der Waals surface area contributed by atoms with Crippen LogP contribution in [0.3, 0.4) is 0 Å². The summed E-state index contributed by atoms with van der Waals surface area (Å²) >= 11 is 1.28. The van der Waals surface area contributed by atoms with Gasteiger partial charge in [-0.25, -0.2) is 0 Å². The van der Waals surface area contributed by atoms with Crippen molar-refractivity contribution in [1.82, 2.24) is 4.72 Å². The number of carbonyl (C=O) groups excluding carboxylic acids is 2. The summed E-state index contributed by atoms with van der Waals surface area (Å²) in [5.74, 6) is 0.539. The number of benzene rings is 1. The van der Waals surface area contributed by atoms with Gasteiger partial charge in [-0.1, -0.05) is 27.7 Å². The third-order valence-corrected chi connectivity index (χ3v) is 5.62. The van der Waals surface area contributed by atoms with E-state index in [0.29, 0.717) is 5.78 Å². The highest BCUT2D eigenvalue weighted by Gasteiger charge is 2.27. The van der Waals surface area contributed by atoms with E-state index in [0.717, 1.165) is 42.1 Å². The first-order chi connectivity index (χ1) is 12.3. The van der Waals surface area contributed by atoms with Crippen LogP contribution in [0.25, 0.3) is 0 Å². The van der Waals surface area contributed by atoms with Crippen LogP contribution < -0.4 is 9.62 Å². The second-order valence-corrected chi connectivity index (χ2v) is 8.37. The molecule has 1 aliphatic heterocycles. The average Bonchev–Trinajstić information content (AvgIpc) is 2.65. The number of hydrogen-bond acceptors (Lipinski definition) is 5.